The molecule has 2 aromatic rings. The number of nitrogens with zero attached hydrogens (tertiary/aromatic N) is 2. The van der Waals surface area contributed by atoms with Gasteiger partial charge < -0.3 is 5.73 Å². The van der Waals surface area contributed by atoms with Crippen molar-refractivity contribution in [2.75, 3.05) is 6.26 Å². The van der Waals surface area contributed by atoms with E-state index >= 15 is 0 Å². The van der Waals surface area contributed by atoms with E-state index in [1.807, 2.05) is 19.1 Å². The summed E-state index contributed by atoms with van der Waals surface area (Å²) in [5.74, 6) is 0. The van der Waals surface area contributed by atoms with Crippen LogP contribution in [0.3, 0.4) is 0 Å². The van der Waals surface area contributed by atoms with Crippen molar-refractivity contribution in [3.05, 3.63) is 33.2 Å². The first-order valence-corrected chi connectivity index (χ1v) is 9.04. The van der Waals surface area contributed by atoms with Gasteiger partial charge in [0.1, 0.15) is 10.9 Å². The lowest BCUT2D eigenvalue weighted by atomic mass is 10.1. The van der Waals surface area contributed by atoms with Gasteiger partial charge in [-0.15, -0.1) is 11.3 Å². The molecule has 5 nitrogen and oxygen atoms in total. The predicted octanol–water partition coefficient (Wildman–Crippen LogP) is 2.05. The van der Waals surface area contributed by atoms with Crippen LogP contribution in [0.25, 0.3) is 0 Å². The SMILES string of the molecule is CC(N)C(c1ccc(Br)s1)n1cc(S(C)(=O)=O)cn1. The second-order valence-electron chi connectivity index (χ2n) is 4.37. The lowest BCUT2D eigenvalue weighted by molar-refractivity contribution is 0.459. The third-order valence-corrected chi connectivity index (χ3v) is 5.44. The molecule has 0 aliphatic rings. The zero-order chi connectivity index (χ0) is 14.2. The van der Waals surface area contributed by atoms with E-state index < -0.39 is 9.84 Å². The van der Waals surface area contributed by atoms with Crippen molar-refractivity contribution in [1.29, 1.82) is 0 Å². The van der Waals surface area contributed by atoms with Crippen molar-refractivity contribution < 1.29 is 8.42 Å². The van der Waals surface area contributed by atoms with Gasteiger partial charge in [0.25, 0.3) is 0 Å². The molecule has 0 bridgehead atoms. The second-order valence-corrected chi connectivity index (χ2v) is 8.88. The van der Waals surface area contributed by atoms with E-state index in [1.165, 1.54) is 12.4 Å². The highest BCUT2D eigenvalue weighted by molar-refractivity contribution is 9.11. The van der Waals surface area contributed by atoms with Gasteiger partial charge in [0.05, 0.1) is 9.98 Å². The molecule has 0 fully saturated rings. The first kappa shape index (κ1) is 14.7. The molecule has 0 saturated heterocycles. The Bertz CT molecular complexity index is 676. The fourth-order valence-electron chi connectivity index (χ4n) is 1.78. The average Bonchev–Trinajstić information content (AvgIpc) is 2.87. The summed E-state index contributed by atoms with van der Waals surface area (Å²) in [7, 11) is -3.25. The Morgan fingerprint density at radius 1 is 1.47 bits per heavy atom. The highest BCUT2D eigenvalue weighted by Crippen LogP contribution is 2.31. The molecule has 0 aromatic carbocycles. The molecule has 2 atom stereocenters. The van der Waals surface area contributed by atoms with Crippen LogP contribution in [0.4, 0.5) is 0 Å². The lowest BCUT2D eigenvalue weighted by Gasteiger charge is -2.19. The summed E-state index contributed by atoms with van der Waals surface area (Å²) < 4.78 is 25.6. The number of halogens is 1. The van der Waals surface area contributed by atoms with Crippen LogP contribution in [0.2, 0.25) is 0 Å². The number of thiophene rings is 1. The number of aromatic nitrogens is 2. The van der Waals surface area contributed by atoms with Crippen LogP contribution in [0.1, 0.15) is 17.8 Å². The molecule has 0 aliphatic heterocycles. The largest absolute Gasteiger partial charge is 0.326 e. The fourth-order valence-corrected chi connectivity index (χ4v) is 3.95. The number of nitrogens with two attached hydrogens (primary N) is 1. The van der Waals surface area contributed by atoms with Crippen molar-refractivity contribution >= 4 is 37.1 Å². The van der Waals surface area contributed by atoms with E-state index in [0.717, 1.165) is 14.9 Å². The third-order valence-electron chi connectivity index (χ3n) is 2.67. The Hall–Kier alpha value is -0.700. The van der Waals surface area contributed by atoms with E-state index in [9.17, 15) is 8.42 Å². The van der Waals surface area contributed by atoms with E-state index in [1.54, 1.807) is 16.0 Å². The first-order chi connectivity index (χ1) is 8.79. The van der Waals surface area contributed by atoms with Gasteiger partial charge in [-0.1, -0.05) is 0 Å². The second kappa shape index (κ2) is 5.35. The zero-order valence-electron chi connectivity index (χ0n) is 10.4. The fraction of sp³-hybridized carbons (Fsp3) is 0.364. The van der Waals surface area contributed by atoms with Gasteiger partial charge in [-0.3, -0.25) is 4.68 Å². The van der Waals surface area contributed by atoms with Gasteiger partial charge in [-0.05, 0) is 35.0 Å². The molecular weight excluding hydrogens is 350 g/mol. The van der Waals surface area contributed by atoms with Crippen LogP contribution >= 0.6 is 27.3 Å². The van der Waals surface area contributed by atoms with Crippen LogP contribution in [0, 0.1) is 0 Å². The minimum atomic E-state index is -3.25. The molecule has 0 spiro atoms. The molecule has 19 heavy (non-hydrogen) atoms. The van der Waals surface area contributed by atoms with E-state index in [4.69, 9.17) is 5.73 Å². The number of sulfone groups is 1. The Kier molecular flexibility index (Phi) is 4.14. The van der Waals surface area contributed by atoms with Gasteiger partial charge in [0.15, 0.2) is 9.84 Å². The first-order valence-electron chi connectivity index (χ1n) is 5.54. The standard InChI is InChI=1S/C11H14BrN3O2S2/c1-7(13)11(9-3-4-10(12)18-9)15-6-8(5-14-15)19(2,16)17/h3-7,11H,13H2,1-2H3. The summed E-state index contributed by atoms with van der Waals surface area (Å²) in [5, 5.41) is 4.14. The van der Waals surface area contributed by atoms with Crippen LogP contribution in [-0.2, 0) is 9.84 Å². The lowest BCUT2D eigenvalue weighted by Crippen LogP contribution is -2.30. The molecule has 0 saturated carbocycles. The molecule has 8 heteroatoms. The Morgan fingerprint density at radius 3 is 2.58 bits per heavy atom. The summed E-state index contributed by atoms with van der Waals surface area (Å²) >= 11 is 4.97. The van der Waals surface area contributed by atoms with Crippen molar-refractivity contribution in [3.8, 4) is 0 Å². The minimum absolute atomic E-state index is 0.174. The Labute approximate surface area is 124 Å². The Balaban J connectivity index is 2.43. The molecule has 0 radical (unpaired) electrons. The maximum atomic E-state index is 11.5. The number of hydrogen-bond acceptors (Lipinski definition) is 5. The smallest absolute Gasteiger partial charge is 0.178 e. The molecule has 2 aromatic heterocycles. The molecule has 2 unspecified atom stereocenters. The van der Waals surface area contributed by atoms with Gasteiger partial charge >= 0.3 is 0 Å². The van der Waals surface area contributed by atoms with Crippen molar-refractivity contribution in [1.82, 2.24) is 9.78 Å². The predicted molar refractivity (Wildman–Crippen MR) is 79.1 cm³/mol. The molecule has 2 rings (SSSR count). The maximum Gasteiger partial charge on any atom is 0.178 e. The topological polar surface area (TPSA) is 78.0 Å². The Morgan fingerprint density at radius 2 is 2.16 bits per heavy atom. The van der Waals surface area contributed by atoms with Crippen molar-refractivity contribution in [3.63, 3.8) is 0 Å². The minimum Gasteiger partial charge on any atom is -0.326 e. The highest BCUT2D eigenvalue weighted by atomic mass is 79.9. The maximum absolute atomic E-state index is 11.5. The van der Waals surface area contributed by atoms with Gasteiger partial charge in [-0.25, -0.2) is 8.42 Å². The van der Waals surface area contributed by atoms with Crippen LogP contribution in [0.5, 0.6) is 0 Å². The number of rotatable bonds is 4. The van der Waals surface area contributed by atoms with E-state index in [2.05, 4.69) is 21.0 Å². The normalized spacial score (nSPS) is 15.4. The van der Waals surface area contributed by atoms with Crippen molar-refractivity contribution in [2.45, 2.75) is 23.9 Å². The summed E-state index contributed by atoms with van der Waals surface area (Å²) in [6.45, 7) is 1.88. The van der Waals surface area contributed by atoms with Crippen LogP contribution < -0.4 is 5.73 Å². The summed E-state index contributed by atoms with van der Waals surface area (Å²) in [6.07, 6.45) is 4.04. The molecule has 104 valence electrons. The third kappa shape index (κ3) is 3.25. The molecule has 2 N–H and O–H groups in total. The zero-order valence-corrected chi connectivity index (χ0v) is 13.7. The van der Waals surface area contributed by atoms with Crippen molar-refractivity contribution in [2.24, 2.45) is 5.73 Å². The molecule has 0 amide bonds. The van der Waals surface area contributed by atoms with Crippen LogP contribution in [0.15, 0.2) is 33.2 Å². The molecule has 0 aliphatic carbocycles. The van der Waals surface area contributed by atoms with Gasteiger partial charge in [0.2, 0.25) is 0 Å². The van der Waals surface area contributed by atoms with Crippen LogP contribution in [-0.4, -0.2) is 30.5 Å². The van der Waals surface area contributed by atoms with E-state index in [-0.39, 0.29) is 17.0 Å². The average molecular weight is 364 g/mol. The van der Waals surface area contributed by atoms with E-state index in [0.29, 0.717) is 0 Å². The molecule has 2 heterocycles. The summed E-state index contributed by atoms with van der Waals surface area (Å²) in [6, 6.07) is 3.55. The molecular formula is C11H14BrN3O2S2. The van der Waals surface area contributed by atoms with Gasteiger partial charge in [-0.2, -0.15) is 5.10 Å². The monoisotopic (exact) mass is 363 g/mol. The van der Waals surface area contributed by atoms with Gasteiger partial charge in [0, 0.05) is 23.4 Å². The summed E-state index contributed by atoms with van der Waals surface area (Å²) in [4.78, 5) is 1.23. The summed E-state index contributed by atoms with van der Waals surface area (Å²) in [5.41, 5.74) is 6.01. The number of hydrogen-bond donors (Lipinski definition) is 1. The quantitative estimate of drug-likeness (QED) is 0.901. The highest BCUT2D eigenvalue weighted by Gasteiger charge is 2.22.